The molecule has 3 N–H and O–H groups in total. The van der Waals surface area contributed by atoms with E-state index in [1.165, 1.54) is 6.07 Å². The lowest BCUT2D eigenvalue weighted by molar-refractivity contribution is 0.0691. The van der Waals surface area contributed by atoms with E-state index >= 15 is 0 Å². The molecule has 2 rings (SSSR count). The molecular weight excluding hydrogens is 210 g/mol. The van der Waals surface area contributed by atoms with E-state index in [0.29, 0.717) is 11.1 Å². The van der Waals surface area contributed by atoms with Crippen LogP contribution in [0.25, 0.3) is 10.9 Å². The fourth-order valence-corrected chi connectivity index (χ4v) is 1.58. The van der Waals surface area contributed by atoms with Gasteiger partial charge in [-0.25, -0.2) is 4.79 Å². The van der Waals surface area contributed by atoms with Crippen LogP contribution in [0.1, 0.15) is 10.4 Å². The maximum Gasteiger partial charge on any atom is 0.339 e. The van der Waals surface area contributed by atoms with Gasteiger partial charge in [0.1, 0.15) is 17.9 Å². The Kier molecular flexibility index (Phi) is 2.78. The van der Waals surface area contributed by atoms with Gasteiger partial charge in [0, 0.05) is 17.1 Å². The molecule has 0 spiro atoms. The van der Waals surface area contributed by atoms with E-state index in [4.69, 9.17) is 14.9 Å². The van der Waals surface area contributed by atoms with Gasteiger partial charge in [0.05, 0.1) is 6.61 Å². The number of aromatic nitrogens is 1. The lowest BCUT2D eigenvalue weighted by atomic mass is 10.1. The summed E-state index contributed by atoms with van der Waals surface area (Å²) in [4.78, 5) is 14.0. The number of rotatable bonds is 4. The number of hydrogen-bond donors (Lipinski definition) is 3. The van der Waals surface area contributed by atoms with Crippen LogP contribution in [0.3, 0.4) is 0 Å². The van der Waals surface area contributed by atoms with Crippen molar-refractivity contribution in [3.05, 3.63) is 30.0 Å². The highest BCUT2D eigenvalue weighted by molar-refractivity contribution is 5.99. The summed E-state index contributed by atoms with van der Waals surface area (Å²) in [6.45, 7) is -0.0789. The molecule has 0 aliphatic rings. The fraction of sp³-hybridized carbons (Fsp3) is 0.182. The second-order valence-electron chi connectivity index (χ2n) is 3.26. The van der Waals surface area contributed by atoms with Crippen LogP contribution in [0, 0.1) is 0 Å². The average molecular weight is 221 g/mol. The molecule has 0 radical (unpaired) electrons. The van der Waals surface area contributed by atoms with Crippen molar-refractivity contribution in [2.24, 2.45) is 0 Å². The van der Waals surface area contributed by atoms with Crippen molar-refractivity contribution in [1.29, 1.82) is 0 Å². The molecule has 0 aliphatic carbocycles. The molecule has 16 heavy (non-hydrogen) atoms. The van der Waals surface area contributed by atoms with Crippen molar-refractivity contribution in [2.75, 3.05) is 13.2 Å². The summed E-state index contributed by atoms with van der Waals surface area (Å²) in [6.07, 6.45) is 1.71. The SMILES string of the molecule is O=C(O)c1ccc2[nH]ccc2c1OCCO. The van der Waals surface area contributed by atoms with Gasteiger partial charge in [-0.3, -0.25) is 0 Å². The number of ether oxygens (including phenoxy) is 1. The Labute approximate surface area is 91.3 Å². The number of nitrogens with one attached hydrogen (secondary N) is 1. The standard InChI is InChI=1S/C11H11NO4/c13-5-6-16-10-7-3-4-12-9(7)2-1-8(10)11(14)15/h1-4,12-13H,5-6H2,(H,14,15). The first kappa shape index (κ1) is 10.5. The maximum absolute atomic E-state index is 11.0. The fourth-order valence-electron chi connectivity index (χ4n) is 1.58. The molecule has 0 amide bonds. The van der Waals surface area contributed by atoms with Gasteiger partial charge in [-0.15, -0.1) is 0 Å². The Hall–Kier alpha value is -2.01. The molecule has 0 aliphatic heterocycles. The number of aromatic carboxylic acids is 1. The molecule has 0 unspecified atom stereocenters. The van der Waals surface area contributed by atoms with E-state index in [2.05, 4.69) is 4.98 Å². The van der Waals surface area contributed by atoms with Crippen molar-refractivity contribution in [1.82, 2.24) is 4.98 Å². The van der Waals surface area contributed by atoms with Crippen LogP contribution in [0.15, 0.2) is 24.4 Å². The van der Waals surface area contributed by atoms with Crippen LogP contribution in [0.5, 0.6) is 5.75 Å². The van der Waals surface area contributed by atoms with Gasteiger partial charge in [-0.2, -0.15) is 0 Å². The third-order valence-corrected chi connectivity index (χ3v) is 2.25. The molecule has 1 aromatic carbocycles. The highest BCUT2D eigenvalue weighted by Crippen LogP contribution is 2.29. The summed E-state index contributed by atoms with van der Waals surface area (Å²) in [6, 6.07) is 4.91. The smallest absolute Gasteiger partial charge is 0.339 e. The third kappa shape index (κ3) is 1.72. The number of hydrogen-bond acceptors (Lipinski definition) is 3. The highest BCUT2D eigenvalue weighted by atomic mass is 16.5. The molecule has 0 bridgehead atoms. The molecule has 84 valence electrons. The number of aliphatic hydroxyl groups excluding tert-OH is 1. The van der Waals surface area contributed by atoms with Crippen molar-refractivity contribution in [3.63, 3.8) is 0 Å². The number of aromatic amines is 1. The minimum absolute atomic E-state index is 0.0740. The van der Waals surface area contributed by atoms with Crippen molar-refractivity contribution < 1.29 is 19.7 Å². The number of H-pyrrole nitrogens is 1. The second-order valence-corrected chi connectivity index (χ2v) is 3.26. The first-order chi connectivity index (χ1) is 7.74. The van der Waals surface area contributed by atoms with Gasteiger partial charge in [-0.1, -0.05) is 0 Å². The van der Waals surface area contributed by atoms with Crippen molar-refractivity contribution >= 4 is 16.9 Å². The van der Waals surface area contributed by atoms with Gasteiger partial charge < -0.3 is 19.9 Å². The van der Waals surface area contributed by atoms with Gasteiger partial charge in [0.25, 0.3) is 0 Å². The molecule has 0 atom stereocenters. The second kappa shape index (κ2) is 4.24. The molecule has 0 fully saturated rings. The Morgan fingerprint density at radius 2 is 2.19 bits per heavy atom. The van der Waals surface area contributed by atoms with Crippen molar-refractivity contribution in [2.45, 2.75) is 0 Å². The summed E-state index contributed by atoms with van der Waals surface area (Å²) in [5.74, 6) is -0.753. The quantitative estimate of drug-likeness (QED) is 0.725. The van der Waals surface area contributed by atoms with E-state index in [-0.39, 0.29) is 18.8 Å². The monoisotopic (exact) mass is 221 g/mol. The first-order valence-corrected chi connectivity index (χ1v) is 4.81. The first-order valence-electron chi connectivity index (χ1n) is 4.81. The van der Waals surface area contributed by atoms with Crippen LogP contribution >= 0.6 is 0 Å². The molecule has 1 aromatic heterocycles. The van der Waals surface area contributed by atoms with E-state index in [1.54, 1.807) is 18.3 Å². The summed E-state index contributed by atoms with van der Waals surface area (Å²) >= 11 is 0. The largest absolute Gasteiger partial charge is 0.490 e. The zero-order valence-electron chi connectivity index (χ0n) is 8.43. The van der Waals surface area contributed by atoms with Crippen LogP contribution in [0.2, 0.25) is 0 Å². The van der Waals surface area contributed by atoms with Gasteiger partial charge in [-0.05, 0) is 18.2 Å². The number of carboxylic acids is 1. The minimum atomic E-state index is -1.05. The summed E-state index contributed by atoms with van der Waals surface area (Å²) < 4.78 is 5.27. The molecule has 5 nitrogen and oxygen atoms in total. The number of aliphatic hydroxyl groups is 1. The molecule has 2 aromatic rings. The summed E-state index contributed by atoms with van der Waals surface area (Å²) in [5, 5.41) is 18.4. The number of carboxylic acid groups (broad SMARTS) is 1. The maximum atomic E-state index is 11.0. The molecular formula is C11H11NO4. The minimum Gasteiger partial charge on any atom is -0.490 e. The van der Waals surface area contributed by atoms with Crippen LogP contribution in [-0.2, 0) is 0 Å². The van der Waals surface area contributed by atoms with Gasteiger partial charge >= 0.3 is 5.97 Å². The average Bonchev–Trinajstić information content (AvgIpc) is 2.73. The Bertz CT molecular complexity index is 518. The topological polar surface area (TPSA) is 82.5 Å². The van der Waals surface area contributed by atoms with Crippen LogP contribution in [-0.4, -0.2) is 34.4 Å². The molecule has 1 heterocycles. The molecule has 0 saturated heterocycles. The van der Waals surface area contributed by atoms with E-state index in [1.807, 2.05) is 0 Å². The predicted octanol–water partition coefficient (Wildman–Crippen LogP) is 1.24. The van der Waals surface area contributed by atoms with E-state index in [9.17, 15) is 4.79 Å². The Morgan fingerprint density at radius 1 is 1.38 bits per heavy atom. The summed E-state index contributed by atoms with van der Waals surface area (Å²) in [7, 11) is 0. The van der Waals surface area contributed by atoms with Gasteiger partial charge in [0.15, 0.2) is 0 Å². The lowest BCUT2D eigenvalue weighted by Gasteiger charge is -2.09. The van der Waals surface area contributed by atoms with E-state index < -0.39 is 5.97 Å². The number of fused-ring (bicyclic) bond motifs is 1. The van der Waals surface area contributed by atoms with Gasteiger partial charge in [0.2, 0.25) is 0 Å². The van der Waals surface area contributed by atoms with Crippen molar-refractivity contribution in [3.8, 4) is 5.75 Å². The van der Waals surface area contributed by atoms with Crippen LogP contribution < -0.4 is 4.74 Å². The normalized spacial score (nSPS) is 10.6. The third-order valence-electron chi connectivity index (χ3n) is 2.25. The predicted molar refractivity (Wildman–Crippen MR) is 57.8 cm³/mol. The Morgan fingerprint density at radius 3 is 2.88 bits per heavy atom. The zero-order valence-corrected chi connectivity index (χ0v) is 8.43. The Balaban J connectivity index is 2.56. The number of carbonyl (C=O) groups is 1. The highest BCUT2D eigenvalue weighted by Gasteiger charge is 2.15. The summed E-state index contributed by atoms with van der Waals surface area (Å²) in [5.41, 5.74) is 0.901. The zero-order chi connectivity index (χ0) is 11.5. The number of benzene rings is 1. The molecule has 0 saturated carbocycles. The van der Waals surface area contributed by atoms with Crippen LogP contribution in [0.4, 0.5) is 0 Å². The lowest BCUT2D eigenvalue weighted by Crippen LogP contribution is -2.07. The molecule has 5 heteroatoms. The van der Waals surface area contributed by atoms with E-state index in [0.717, 1.165) is 5.52 Å².